The Kier molecular flexibility index (Phi) is 9.69. The van der Waals surface area contributed by atoms with Gasteiger partial charge in [-0.15, -0.1) is 6.58 Å². The van der Waals surface area contributed by atoms with Crippen molar-refractivity contribution in [2.45, 2.75) is 70.8 Å². The summed E-state index contributed by atoms with van der Waals surface area (Å²) in [5.74, 6) is -3.58. The summed E-state index contributed by atoms with van der Waals surface area (Å²) in [6, 6.07) is 3.06. The van der Waals surface area contributed by atoms with Crippen LogP contribution in [0.2, 0.25) is 0 Å². The molecule has 3 aliphatic carbocycles. The molecule has 3 aliphatic rings. The first-order valence-corrected chi connectivity index (χ1v) is 13.8. The van der Waals surface area contributed by atoms with Gasteiger partial charge in [-0.3, -0.25) is 0 Å². The Morgan fingerprint density at radius 3 is 2.47 bits per heavy atom. The second-order valence-electron chi connectivity index (χ2n) is 10.8. The minimum atomic E-state index is -0.954. The first kappa shape index (κ1) is 28.4. The third-order valence-corrected chi connectivity index (χ3v) is 8.34. The second kappa shape index (κ2) is 13.0. The summed E-state index contributed by atoms with van der Waals surface area (Å²) >= 11 is 0. The lowest BCUT2D eigenvalue weighted by molar-refractivity contribution is 0.149. The number of allylic oxidation sites excluding steroid dienone is 7. The first-order valence-electron chi connectivity index (χ1n) is 13.8. The molecule has 6 heteroatoms. The van der Waals surface area contributed by atoms with Gasteiger partial charge in [-0.1, -0.05) is 36.4 Å². The van der Waals surface area contributed by atoms with E-state index < -0.39 is 35.3 Å². The molecule has 206 valence electrons. The highest BCUT2D eigenvalue weighted by Crippen LogP contribution is 2.45. The minimum Gasteiger partial charge on any atom is -0.490 e. The Balaban J connectivity index is 1.29. The van der Waals surface area contributed by atoms with Crippen molar-refractivity contribution < 1.29 is 27.4 Å². The van der Waals surface area contributed by atoms with Crippen LogP contribution in [0.1, 0.15) is 63.9 Å². The van der Waals surface area contributed by atoms with Crippen molar-refractivity contribution in [3.8, 4) is 5.75 Å². The number of hydrogen-bond acceptors (Lipinski definition) is 2. The van der Waals surface area contributed by atoms with Gasteiger partial charge in [0.05, 0.1) is 12.7 Å². The van der Waals surface area contributed by atoms with Gasteiger partial charge < -0.3 is 9.84 Å². The van der Waals surface area contributed by atoms with Crippen LogP contribution in [-0.2, 0) is 6.42 Å². The maximum absolute atomic E-state index is 15.2. The molecule has 2 nitrogen and oxygen atoms in total. The van der Waals surface area contributed by atoms with Gasteiger partial charge >= 0.3 is 0 Å². The number of rotatable bonds is 10. The van der Waals surface area contributed by atoms with E-state index in [4.69, 9.17) is 4.74 Å². The van der Waals surface area contributed by atoms with Crippen molar-refractivity contribution in [2.24, 2.45) is 23.7 Å². The average Bonchev–Trinajstić information content (AvgIpc) is 2.92. The van der Waals surface area contributed by atoms with E-state index in [2.05, 4.69) is 6.58 Å². The predicted molar refractivity (Wildman–Crippen MR) is 143 cm³/mol. The Hall–Kier alpha value is -2.60. The van der Waals surface area contributed by atoms with Crippen LogP contribution in [0.15, 0.2) is 71.9 Å². The zero-order valence-corrected chi connectivity index (χ0v) is 22.1. The van der Waals surface area contributed by atoms with Crippen molar-refractivity contribution in [2.75, 3.05) is 6.61 Å². The van der Waals surface area contributed by atoms with E-state index in [1.54, 1.807) is 19.1 Å². The van der Waals surface area contributed by atoms with E-state index in [0.29, 0.717) is 42.7 Å². The summed E-state index contributed by atoms with van der Waals surface area (Å²) in [5.41, 5.74) is 1.59. The summed E-state index contributed by atoms with van der Waals surface area (Å²) in [6.07, 6.45) is 14.6. The molecule has 0 aromatic heterocycles. The zero-order chi connectivity index (χ0) is 27.2. The van der Waals surface area contributed by atoms with Gasteiger partial charge in [0.25, 0.3) is 0 Å². The monoisotopic (exact) mass is 530 g/mol. The molecule has 0 bridgehead atoms. The molecule has 1 N–H and O–H groups in total. The Morgan fingerprint density at radius 2 is 1.82 bits per heavy atom. The minimum absolute atomic E-state index is 0.0109. The molecule has 0 heterocycles. The molecule has 3 atom stereocenters. The lowest BCUT2D eigenvalue weighted by Crippen LogP contribution is -2.21. The standard InChI is InChI=1S/C32H38F4O2/c1-3-4-19-38-28-18-15-25(29(33)32(28)36)10-7-21-5-8-23(9-6-21)26-16-17-27(31(35)30(26)34)24-13-11-22(12-14-24)20(2)37/h3,11,13-16,18,20-23,27,37H,1,4-10,12,17,19H2,2H3. The molecule has 3 unspecified atom stereocenters. The Morgan fingerprint density at radius 1 is 1.05 bits per heavy atom. The lowest BCUT2D eigenvalue weighted by Gasteiger charge is -2.32. The number of ether oxygens (including phenoxy) is 1. The molecule has 0 aliphatic heterocycles. The largest absolute Gasteiger partial charge is 0.490 e. The van der Waals surface area contributed by atoms with Crippen LogP contribution in [0, 0.1) is 35.3 Å². The number of aryl methyl sites for hydroxylation is 1. The summed E-state index contributed by atoms with van der Waals surface area (Å²) < 4.78 is 64.5. The third kappa shape index (κ3) is 6.51. The van der Waals surface area contributed by atoms with Gasteiger partial charge in [0, 0.05) is 11.8 Å². The number of hydrogen-bond donors (Lipinski definition) is 1. The molecule has 0 amide bonds. The van der Waals surface area contributed by atoms with E-state index in [9.17, 15) is 13.9 Å². The number of aliphatic hydroxyl groups is 1. The van der Waals surface area contributed by atoms with Crippen molar-refractivity contribution >= 4 is 0 Å². The Labute approximate surface area is 223 Å². The SMILES string of the molecule is C=CCCOc1ccc(CCC2CCC(C3=CCC(C4=CCC(C(C)O)C=C4)C(F)=C3F)CC2)c(F)c1F. The van der Waals surface area contributed by atoms with Crippen LogP contribution in [0.3, 0.4) is 0 Å². The Bertz CT molecular complexity index is 1120. The van der Waals surface area contributed by atoms with E-state index >= 15 is 8.78 Å². The van der Waals surface area contributed by atoms with Gasteiger partial charge in [-0.2, -0.15) is 4.39 Å². The lowest BCUT2D eigenvalue weighted by atomic mass is 9.74. The van der Waals surface area contributed by atoms with E-state index in [1.165, 1.54) is 6.07 Å². The molecule has 38 heavy (non-hydrogen) atoms. The van der Waals surface area contributed by atoms with E-state index in [0.717, 1.165) is 37.7 Å². The highest BCUT2D eigenvalue weighted by Gasteiger charge is 2.33. The van der Waals surface area contributed by atoms with Crippen molar-refractivity contribution in [3.05, 3.63) is 89.1 Å². The smallest absolute Gasteiger partial charge is 0.200 e. The van der Waals surface area contributed by atoms with Crippen LogP contribution < -0.4 is 4.74 Å². The quantitative estimate of drug-likeness (QED) is 0.186. The fourth-order valence-corrected chi connectivity index (χ4v) is 5.88. The summed E-state index contributed by atoms with van der Waals surface area (Å²) in [5, 5.41) is 9.75. The van der Waals surface area contributed by atoms with Gasteiger partial charge in [0.15, 0.2) is 17.4 Å². The van der Waals surface area contributed by atoms with Gasteiger partial charge in [-0.05, 0) is 99.3 Å². The van der Waals surface area contributed by atoms with E-state index in [-0.39, 0.29) is 24.2 Å². The normalized spacial score (nSPS) is 26.6. The molecule has 0 radical (unpaired) electrons. The van der Waals surface area contributed by atoms with Crippen molar-refractivity contribution in [1.29, 1.82) is 0 Å². The maximum atomic E-state index is 15.2. The fourth-order valence-electron chi connectivity index (χ4n) is 5.88. The average molecular weight is 531 g/mol. The molecule has 0 spiro atoms. The molecular formula is C32H38F4O2. The highest BCUT2D eigenvalue weighted by atomic mass is 19.2. The first-order chi connectivity index (χ1) is 18.3. The van der Waals surface area contributed by atoms with Crippen LogP contribution >= 0.6 is 0 Å². The number of halogens is 4. The highest BCUT2D eigenvalue weighted by molar-refractivity contribution is 5.41. The third-order valence-electron chi connectivity index (χ3n) is 8.34. The van der Waals surface area contributed by atoms with Crippen LogP contribution in [0.25, 0.3) is 0 Å². The summed E-state index contributed by atoms with van der Waals surface area (Å²) in [6.45, 7) is 5.56. The van der Waals surface area contributed by atoms with Crippen LogP contribution in [-0.4, -0.2) is 17.8 Å². The predicted octanol–water partition coefficient (Wildman–Crippen LogP) is 8.64. The molecule has 1 saturated carbocycles. The molecule has 0 saturated heterocycles. The fraction of sp³-hybridized carbons (Fsp3) is 0.500. The molecule has 1 fully saturated rings. The van der Waals surface area contributed by atoms with Gasteiger partial charge in [0.2, 0.25) is 5.82 Å². The second-order valence-corrected chi connectivity index (χ2v) is 10.8. The summed E-state index contributed by atoms with van der Waals surface area (Å²) in [7, 11) is 0. The van der Waals surface area contributed by atoms with Gasteiger partial charge in [-0.25, -0.2) is 13.2 Å². The maximum Gasteiger partial charge on any atom is 0.200 e. The molecule has 4 rings (SSSR count). The number of aliphatic hydroxyl groups excluding tert-OH is 1. The van der Waals surface area contributed by atoms with E-state index in [1.807, 2.05) is 24.3 Å². The van der Waals surface area contributed by atoms with Crippen molar-refractivity contribution in [3.63, 3.8) is 0 Å². The molecular weight excluding hydrogens is 492 g/mol. The van der Waals surface area contributed by atoms with Crippen LogP contribution in [0.5, 0.6) is 5.75 Å². The number of benzene rings is 1. The zero-order valence-electron chi connectivity index (χ0n) is 22.1. The van der Waals surface area contributed by atoms with Crippen LogP contribution in [0.4, 0.5) is 17.6 Å². The molecule has 1 aromatic rings. The molecule has 1 aromatic carbocycles. The summed E-state index contributed by atoms with van der Waals surface area (Å²) in [4.78, 5) is 0. The van der Waals surface area contributed by atoms with Crippen molar-refractivity contribution in [1.82, 2.24) is 0 Å². The topological polar surface area (TPSA) is 29.5 Å². The van der Waals surface area contributed by atoms with Gasteiger partial charge in [0.1, 0.15) is 5.83 Å².